The van der Waals surface area contributed by atoms with Crippen molar-refractivity contribution in [3.05, 3.63) is 46.2 Å². The molecule has 0 spiro atoms. The molecule has 10 nitrogen and oxygen atoms in total. The van der Waals surface area contributed by atoms with E-state index < -0.39 is 31.0 Å². The number of piperidine rings is 1. The highest BCUT2D eigenvalue weighted by Crippen LogP contribution is 2.36. The smallest absolute Gasteiger partial charge is 0.164 e. The van der Waals surface area contributed by atoms with E-state index in [-0.39, 0.29) is 12.4 Å². The van der Waals surface area contributed by atoms with E-state index in [4.69, 9.17) is 21.1 Å². The summed E-state index contributed by atoms with van der Waals surface area (Å²) in [5.41, 5.74) is 1.25. The zero-order valence-corrected chi connectivity index (χ0v) is 23.3. The number of likely N-dealkylation sites (tertiary alicyclic amines) is 1. The number of anilines is 2. The highest BCUT2D eigenvalue weighted by Gasteiger charge is 2.37. The standard InChI is InChI=1S/C26H32BrClN4O6/c1-37-21-10-16-19(29-14-30-26(16)31-15-5-6-17(27)18(28)9-15)11-22(21)38-23(13-34)25(36)24(35)20(12-33)32-7-3-2-4-8-32/h5-6,9-11,14,20,23-25,33-36H,2-4,7-8,12-13H2,1H3,(H,29,30,31)/t20-,23-,24+,25+/m1/s1. The molecule has 0 bridgehead atoms. The second-order valence-corrected chi connectivity index (χ2v) is 10.4. The molecule has 4 rings (SSSR count). The van der Waals surface area contributed by atoms with Crippen molar-refractivity contribution in [1.82, 2.24) is 14.9 Å². The highest BCUT2D eigenvalue weighted by molar-refractivity contribution is 9.10. The molecule has 1 aromatic heterocycles. The summed E-state index contributed by atoms with van der Waals surface area (Å²) in [6.45, 7) is 0.547. The molecule has 12 heteroatoms. The molecule has 0 radical (unpaired) electrons. The van der Waals surface area contributed by atoms with Crippen molar-refractivity contribution >= 4 is 49.9 Å². The van der Waals surface area contributed by atoms with Gasteiger partial charge in [0.25, 0.3) is 0 Å². The molecule has 2 heterocycles. The van der Waals surface area contributed by atoms with E-state index in [0.717, 1.165) is 42.5 Å². The predicted molar refractivity (Wildman–Crippen MR) is 148 cm³/mol. The summed E-state index contributed by atoms with van der Waals surface area (Å²) >= 11 is 9.59. The molecule has 0 aliphatic carbocycles. The Labute approximate surface area is 234 Å². The summed E-state index contributed by atoms with van der Waals surface area (Å²) in [6, 6.07) is 8.06. The van der Waals surface area contributed by atoms with Crippen LogP contribution in [0.5, 0.6) is 11.5 Å². The third-order valence-electron chi connectivity index (χ3n) is 6.73. The Morgan fingerprint density at radius 1 is 1.03 bits per heavy atom. The van der Waals surface area contributed by atoms with Crippen molar-refractivity contribution in [1.29, 1.82) is 0 Å². The Morgan fingerprint density at radius 2 is 1.79 bits per heavy atom. The van der Waals surface area contributed by atoms with E-state index in [1.54, 1.807) is 18.2 Å². The summed E-state index contributed by atoms with van der Waals surface area (Å²) in [7, 11) is 1.47. The van der Waals surface area contributed by atoms with Crippen LogP contribution in [-0.4, -0.2) is 93.1 Å². The zero-order chi connectivity index (χ0) is 27.2. The van der Waals surface area contributed by atoms with Crippen molar-refractivity contribution in [2.24, 2.45) is 0 Å². The van der Waals surface area contributed by atoms with E-state index in [2.05, 4.69) is 31.2 Å². The molecular weight excluding hydrogens is 580 g/mol. The zero-order valence-electron chi connectivity index (χ0n) is 20.9. The molecule has 3 aromatic rings. The van der Waals surface area contributed by atoms with Crippen LogP contribution < -0.4 is 14.8 Å². The van der Waals surface area contributed by atoms with Crippen LogP contribution in [-0.2, 0) is 0 Å². The Bertz CT molecular complexity index is 1230. The van der Waals surface area contributed by atoms with Crippen LogP contribution in [0.2, 0.25) is 5.02 Å². The monoisotopic (exact) mass is 610 g/mol. The molecule has 1 fully saturated rings. The maximum Gasteiger partial charge on any atom is 0.164 e. The number of benzene rings is 2. The first kappa shape index (κ1) is 28.8. The molecule has 0 amide bonds. The van der Waals surface area contributed by atoms with E-state index in [9.17, 15) is 20.4 Å². The van der Waals surface area contributed by atoms with E-state index >= 15 is 0 Å². The van der Waals surface area contributed by atoms with Crippen LogP contribution in [0.15, 0.2) is 41.1 Å². The maximum absolute atomic E-state index is 10.9. The number of aliphatic hydroxyl groups excluding tert-OH is 4. The Balaban J connectivity index is 1.58. The van der Waals surface area contributed by atoms with Crippen molar-refractivity contribution in [3.8, 4) is 11.5 Å². The largest absolute Gasteiger partial charge is 0.493 e. The summed E-state index contributed by atoms with van der Waals surface area (Å²) in [4.78, 5) is 10.6. The number of methoxy groups -OCH3 is 1. The Morgan fingerprint density at radius 3 is 2.45 bits per heavy atom. The fourth-order valence-corrected chi connectivity index (χ4v) is 5.07. The van der Waals surface area contributed by atoms with Crippen molar-refractivity contribution in [2.45, 2.75) is 43.6 Å². The number of fused-ring (bicyclic) bond motifs is 1. The quantitative estimate of drug-likeness (QED) is 0.220. The van der Waals surface area contributed by atoms with Gasteiger partial charge in [0.2, 0.25) is 0 Å². The van der Waals surface area contributed by atoms with Gasteiger partial charge in [-0.15, -0.1) is 0 Å². The lowest BCUT2D eigenvalue weighted by Gasteiger charge is -2.39. The predicted octanol–water partition coefficient (Wildman–Crippen LogP) is 3.11. The van der Waals surface area contributed by atoms with Crippen LogP contribution in [0.4, 0.5) is 11.5 Å². The molecule has 1 saturated heterocycles. The van der Waals surface area contributed by atoms with Crippen LogP contribution in [0.25, 0.3) is 10.9 Å². The first-order valence-electron chi connectivity index (χ1n) is 12.4. The average molecular weight is 612 g/mol. The molecule has 5 N–H and O–H groups in total. The fourth-order valence-electron chi connectivity index (χ4n) is 4.64. The molecule has 38 heavy (non-hydrogen) atoms. The minimum absolute atomic E-state index is 0.222. The van der Waals surface area contributed by atoms with Crippen molar-refractivity contribution < 1.29 is 29.9 Å². The second kappa shape index (κ2) is 13.2. The van der Waals surface area contributed by atoms with E-state index in [0.29, 0.717) is 27.5 Å². The van der Waals surface area contributed by atoms with Gasteiger partial charge >= 0.3 is 0 Å². The molecule has 0 unspecified atom stereocenters. The number of aliphatic hydroxyl groups is 4. The molecule has 2 aromatic carbocycles. The number of hydrogen-bond acceptors (Lipinski definition) is 10. The first-order chi connectivity index (χ1) is 18.4. The van der Waals surface area contributed by atoms with Gasteiger partial charge in [-0.2, -0.15) is 0 Å². The van der Waals surface area contributed by atoms with Crippen LogP contribution >= 0.6 is 27.5 Å². The van der Waals surface area contributed by atoms with Crippen LogP contribution in [0.3, 0.4) is 0 Å². The van der Waals surface area contributed by atoms with Crippen molar-refractivity contribution in [2.75, 3.05) is 38.7 Å². The highest BCUT2D eigenvalue weighted by atomic mass is 79.9. The topological polar surface area (TPSA) is 140 Å². The maximum atomic E-state index is 10.9. The lowest BCUT2D eigenvalue weighted by atomic mass is 9.98. The minimum atomic E-state index is -1.47. The number of nitrogens with zero attached hydrogens (tertiary/aromatic N) is 3. The van der Waals surface area contributed by atoms with Gasteiger partial charge in [-0.25, -0.2) is 9.97 Å². The summed E-state index contributed by atoms with van der Waals surface area (Å²) in [5, 5.41) is 46.2. The third-order valence-corrected chi connectivity index (χ3v) is 7.97. The van der Waals surface area contributed by atoms with Gasteiger partial charge in [-0.1, -0.05) is 18.0 Å². The fraction of sp³-hybridized carbons (Fsp3) is 0.462. The number of hydrogen-bond donors (Lipinski definition) is 5. The Kier molecular flexibility index (Phi) is 9.99. The van der Waals surface area contributed by atoms with Gasteiger partial charge < -0.3 is 35.2 Å². The van der Waals surface area contributed by atoms with Gasteiger partial charge in [-0.3, -0.25) is 4.90 Å². The van der Waals surface area contributed by atoms with Crippen molar-refractivity contribution in [3.63, 3.8) is 0 Å². The SMILES string of the molecule is COc1cc2c(Nc3ccc(Br)c(Cl)c3)ncnc2cc1O[C@H](CO)[C@H](O)[C@@H](O)[C@@H](CO)N1CCCCC1. The minimum Gasteiger partial charge on any atom is -0.493 e. The van der Waals surface area contributed by atoms with E-state index in [1.165, 1.54) is 13.4 Å². The lowest BCUT2D eigenvalue weighted by molar-refractivity contribution is -0.105. The van der Waals surface area contributed by atoms with Crippen LogP contribution in [0, 0.1) is 0 Å². The van der Waals surface area contributed by atoms with Gasteiger partial charge in [0.1, 0.15) is 24.4 Å². The average Bonchev–Trinajstić information content (AvgIpc) is 2.94. The molecule has 1 aliphatic heterocycles. The summed E-state index contributed by atoms with van der Waals surface area (Å²) in [6.07, 6.45) is 0.423. The molecule has 4 atom stereocenters. The van der Waals surface area contributed by atoms with Gasteiger partial charge in [0.05, 0.1) is 36.9 Å². The lowest BCUT2D eigenvalue weighted by Crippen LogP contribution is -2.56. The number of halogens is 2. The van der Waals surface area contributed by atoms with E-state index in [1.807, 2.05) is 17.0 Å². The molecule has 206 valence electrons. The number of rotatable bonds is 11. The molecular formula is C26H32BrClN4O6. The van der Waals surface area contributed by atoms with Gasteiger partial charge in [0, 0.05) is 21.6 Å². The first-order valence-corrected chi connectivity index (χ1v) is 13.6. The molecule has 0 saturated carbocycles. The Hall–Kier alpha value is -2.25. The summed E-state index contributed by atoms with van der Waals surface area (Å²) in [5.74, 6) is 1.05. The number of ether oxygens (including phenoxy) is 2. The normalized spacial score (nSPS) is 17.6. The molecule has 1 aliphatic rings. The van der Waals surface area contributed by atoms with Crippen LogP contribution in [0.1, 0.15) is 19.3 Å². The number of nitrogens with one attached hydrogen (secondary N) is 1. The second-order valence-electron chi connectivity index (χ2n) is 9.16. The third kappa shape index (κ3) is 6.48. The van der Waals surface area contributed by atoms with Gasteiger partial charge in [0.15, 0.2) is 17.6 Å². The number of aromatic nitrogens is 2. The summed E-state index contributed by atoms with van der Waals surface area (Å²) < 4.78 is 12.3. The van der Waals surface area contributed by atoms with Gasteiger partial charge in [-0.05, 0) is 66.1 Å².